The van der Waals surface area contributed by atoms with Gasteiger partial charge in [0.2, 0.25) is 0 Å². The lowest BCUT2D eigenvalue weighted by Crippen LogP contribution is -2.51. The van der Waals surface area contributed by atoms with E-state index in [0.29, 0.717) is 37.4 Å². The van der Waals surface area contributed by atoms with Gasteiger partial charge in [-0.05, 0) is 30.3 Å². The van der Waals surface area contributed by atoms with Crippen LogP contribution in [0.4, 0.5) is 15.8 Å². The van der Waals surface area contributed by atoms with Crippen LogP contribution in [0.3, 0.4) is 0 Å². The van der Waals surface area contributed by atoms with E-state index in [-0.39, 0.29) is 10.6 Å². The molecule has 0 aliphatic carbocycles. The van der Waals surface area contributed by atoms with Gasteiger partial charge in [-0.25, -0.2) is 9.18 Å². The van der Waals surface area contributed by atoms with Crippen LogP contribution in [-0.4, -0.2) is 47.9 Å². The fourth-order valence-corrected chi connectivity index (χ4v) is 3.38. The highest BCUT2D eigenvalue weighted by Crippen LogP contribution is 2.23. The minimum atomic E-state index is -0.777. The maximum absolute atomic E-state index is 13.3. The van der Waals surface area contributed by atoms with Crippen molar-refractivity contribution in [3.8, 4) is 0 Å². The number of anilines is 2. The van der Waals surface area contributed by atoms with E-state index in [0.717, 1.165) is 5.69 Å². The lowest BCUT2D eigenvalue weighted by Gasteiger charge is -2.35. The fraction of sp³-hybridized carbons (Fsp3) is 0.211. The molecule has 0 unspecified atom stereocenters. The molecule has 1 aliphatic rings. The van der Waals surface area contributed by atoms with Gasteiger partial charge in [0.1, 0.15) is 5.82 Å². The highest BCUT2D eigenvalue weighted by Gasteiger charge is 2.26. The summed E-state index contributed by atoms with van der Waals surface area (Å²) in [6.45, 7) is 1.66. The summed E-state index contributed by atoms with van der Waals surface area (Å²) in [5.74, 6) is -2.52. The van der Waals surface area contributed by atoms with Gasteiger partial charge in [0.15, 0.2) is 5.58 Å². The van der Waals surface area contributed by atoms with Crippen LogP contribution < -0.4 is 16.0 Å². The van der Waals surface area contributed by atoms with E-state index in [1.807, 2.05) is 4.90 Å². The van der Waals surface area contributed by atoms with E-state index in [9.17, 15) is 18.8 Å². The van der Waals surface area contributed by atoms with Gasteiger partial charge in [-0.1, -0.05) is 11.6 Å². The number of carbonyl (C=O) groups is 2. The summed E-state index contributed by atoms with van der Waals surface area (Å²) in [4.78, 5) is 41.9. The summed E-state index contributed by atoms with van der Waals surface area (Å²) >= 11 is 5.82. The number of aromatic nitrogens is 1. The number of H-pyrrole nitrogens is 1. The second kappa shape index (κ2) is 7.59. The molecule has 2 N–H and O–H groups in total. The van der Waals surface area contributed by atoms with Crippen molar-refractivity contribution in [3.05, 3.63) is 57.8 Å². The summed E-state index contributed by atoms with van der Waals surface area (Å²) in [5, 5.41) is 2.56. The third-order valence-corrected chi connectivity index (χ3v) is 5.00. The van der Waals surface area contributed by atoms with E-state index >= 15 is 0 Å². The quantitative estimate of drug-likeness (QED) is 0.622. The highest BCUT2D eigenvalue weighted by molar-refractivity contribution is 6.39. The molecule has 8 nitrogen and oxygen atoms in total. The molecule has 0 bridgehead atoms. The molecule has 10 heteroatoms. The molecular weight excluding hydrogens is 403 g/mol. The molecule has 0 spiro atoms. The van der Waals surface area contributed by atoms with Crippen LogP contribution in [0.1, 0.15) is 0 Å². The minimum Gasteiger partial charge on any atom is -0.408 e. The zero-order valence-corrected chi connectivity index (χ0v) is 15.8. The number of piperazine rings is 1. The van der Waals surface area contributed by atoms with Crippen LogP contribution in [0.15, 0.2) is 45.6 Å². The van der Waals surface area contributed by atoms with Gasteiger partial charge in [-0.2, -0.15) is 0 Å². The first-order chi connectivity index (χ1) is 13.9. The van der Waals surface area contributed by atoms with Crippen molar-refractivity contribution < 1.29 is 18.4 Å². The van der Waals surface area contributed by atoms with Crippen molar-refractivity contribution in [2.45, 2.75) is 0 Å². The van der Waals surface area contributed by atoms with E-state index in [4.69, 9.17) is 16.0 Å². The maximum Gasteiger partial charge on any atom is 0.417 e. The third-order valence-electron chi connectivity index (χ3n) is 4.71. The Morgan fingerprint density at radius 1 is 1.10 bits per heavy atom. The van der Waals surface area contributed by atoms with Crippen LogP contribution in [0.2, 0.25) is 5.02 Å². The Balaban J connectivity index is 1.37. The van der Waals surface area contributed by atoms with Gasteiger partial charge < -0.3 is 19.5 Å². The molecule has 0 radical (unpaired) electrons. The predicted octanol–water partition coefficient (Wildman–Crippen LogP) is 2.20. The Morgan fingerprint density at radius 2 is 1.86 bits per heavy atom. The third kappa shape index (κ3) is 3.95. The highest BCUT2D eigenvalue weighted by atomic mass is 35.5. The lowest BCUT2D eigenvalue weighted by molar-refractivity contribution is -0.143. The van der Waals surface area contributed by atoms with Crippen molar-refractivity contribution in [2.24, 2.45) is 0 Å². The first-order valence-corrected chi connectivity index (χ1v) is 9.21. The SMILES string of the molecule is O=C(Nc1ccc2[nH]c(=O)oc2c1)C(=O)N1CCN(c2ccc(F)c(Cl)c2)CC1. The van der Waals surface area contributed by atoms with E-state index in [2.05, 4.69) is 10.3 Å². The Hall–Kier alpha value is -3.33. The van der Waals surface area contributed by atoms with Crippen molar-refractivity contribution in [1.82, 2.24) is 9.88 Å². The number of amides is 2. The average molecular weight is 419 g/mol. The molecular formula is C19H16ClFN4O4. The molecule has 29 heavy (non-hydrogen) atoms. The maximum atomic E-state index is 13.3. The minimum absolute atomic E-state index is 0.0376. The Labute approximate surface area is 168 Å². The number of halogens is 2. The molecule has 1 aromatic heterocycles. The molecule has 0 saturated carbocycles. The monoisotopic (exact) mass is 418 g/mol. The molecule has 1 aliphatic heterocycles. The topological polar surface area (TPSA) is 98.6 Å². The first kappa shape index (κ1) is 19.0. The number of rotatable bonds is 2. The number of nitrogens with zero attached hydrogens (tertiary/aromatic N) is 2. The number of fused-ring (bicyclic) bond motifs is 1. The number of hydrogen-bond donors (Lipinski definition) is 2. The summed E-state index contributed by atoms with van der Waals surface area (Å²) in [5.41, 5.74) is 1.88. The molecule has 4 rings (SSSR count). The van der Waals surface area contributed by atoms with Crippen molar-refractivity contribution >= 4 is 45.9 Å². The summed E-state index contributed by atoms with van der Waals surface area (Å²) in [7, 11) is 0. The van der Waals surface area contributed by atoms with Gasteiger partial charge in [-0.15, -0.1) is 0 Å². The molecule has 2 amide bonds. The zero-order chi connectivity index (χ0) is 20.5. The van der Waals surface area contributed by atoms with Gasteiger partial charge in [0.05, 0.1) is 10.5 Å². The zero-order valence-electron chi connectivity index (χ0n) is 15.1. The van der Waals surface area contributed by atoms with Crippen molar-refractivity contribution in [2.75, 3.05) is 36.4 Å². The first-order valence-electron chi connectivity index (χ1n) is 8.84. The largest absolute Gasteiger partial charge is 0.417 e. The number of hydrogen-bond acceptors (Lipinski definition) is 5. The van der Waals surface area contributed by atoms with Gasteiger partial charge in [0.25, 0.3) is 0 Å². The molecule has 1 saturated heterocycles. The molecule has 3 aromatic rings. The lowest BCUT2D eigenvalue weighted by atomic mass is 10.2. The smallest absolute Gasteiger partial charge is 0.408 e. The van der Waals surface area contributed by atoms with Gasteiger partial charge in [0, 0.05) is 43.6 Å². The molecule has 2 heterocycles. The summed E-state index contributed by atoms with van der Waals surface area (Å²) < 4.78 is 18.3. The second-order valence-corrected chi connectivity index (χ2v) is 6.96. The van der Waals surface area contributed by atoms with E-state index in [1.54, 1.807) is 18.2 Å². The summed E-state index contributed by atoms with van der Waals surface area (Å²) in [6, 6.07) is 9.07. The van der Waals surface area contributed by atoms with Gasteiger partial charge in [-0.3, -0.25) is 14.6 Å². The number of aromatic amines is 1. The normalized spacial score (nSPS) is 14.3. The van der Waals surface area contributed by atoms with Crippen LogP contribution in [0, 0.1) is 5.82 Å². The van der Waals surface area contributed by atoms with Crippen molar-refractivity contribution in [3.63, 3.8) is 0 Å². The second-order valence-electron chi connectivity index (χ2n) is 6.56. The molecule has 2 aromatic carbocycles. The fourth-order valence-electron chi connectivity index (χ4n) is 3.20. The standard InChI is InChI=1S/C19H16ClFN4O4/c20-13-10-12(2-3-14(13)21)24-5-7-25(8-6-24)18(27)17(26)22-11-1-4-15-16(9-11)29-19(28)23-15/h1-4,9-10H,5-8H2,(H,22,26)(H,23,28). The average Bonchev–Trinajstić information content (AvgIpc) is 3.09. The van der Waals surface area contributed by atoms with Crippen molar-refractivity contribution in [1.29, 1.82) is 0 Å². The Morgan fingerprint density at radius 3 is 2.59 bits per heavy atom. The van der Waals surface area contributed by atoms with Crippen LogP contribution in [0.5, 0.6) is 0 Å². The predicted molar refractivity (Wildman–Crippen MR) is 106 cm³/mol. The van der Waals surface area contributed by atoms with Gasteiger partial charge >= 0.3 is 17.6 Å². The Kier molecular flexibility index (Phi) is 4.98. The molecule has 1 fully saturated rings. The number of oxazole rings is 1. The van der Waals surface area contributed by atoms with E-state index in [1.165, 1.54) is 23.1 Å². The molecule has 150 valence electrons. The van der Waals surface area contributed by atoms with Crippen LogP contribution in [-0.2, 0) is 9.59 Å². The summed E-state index contributed by atoms with van der Waals surface area (Å²) in [6.07, 6.45) is 0. The van der Waals surface area contributed by atoms with Crippen LogP contribution >= 0.6 is 11.6 Å². The number of nitrogens with one attached hydrogen (secondary N) is 2. The Bertz CT molecular complexity index is 1150. The van der Waals surface area contributed by atoms with E-state index < -0.39 is 23.4 Å². The number of carbonyl (C=O) groups excluding carboxylic acids is 2. The molecule has 0 atom stereocenters. The number of benzene rings is 2. The van der Waals surface area contributed by atoms with Crippen LogP contribution in [0.25, 0.3) is 11.1 Å².